The Morgan fingerprint density at radius 2 is 1.92 bits per heavy atom. The summed E-state index contributed by atoms with van der Waals surface area (Å²) < 4.78 is 0. The molecule has 0 rings (SSSR count). The van der Waals surface area contributed by atoms with E-state index in [0.717, 1.165) is 6.42 Å². The van der Waals surface area contributed by atoms with Gasteiger partial charge in [-0.25, -0.2) is 0 Å². The fourth-order valence-electron chi connectivity index (χ4n) is 0.909. The molecular formula is C9H14O4. The highest BCUT2D eigenvalue weighted by atomic mass is 16.4. The third-order valence-corrected chi connectivity index (χ3v) is 1.59. The zero-order valence-electron chi connectivity index (χ0n) is 7.56. The Morgan fingerprint density at radius 1 is 1.31 bits per heavy atom. The van der Waals surface area contributed by atoms with Crippen LogP contribution in [0, 0.1) is 5.92 Å². The highest BCUT2D eigenvalue weighted by Gasteiger charge is 2.18. The number of rotatable bonds is 6. The number of hydrogen-bond acceptors (Lipinski definition) is 2. The molecule has 0 aliphatic rings. The van der Waals surface area contributed by atoms with Crippen molar-refractivity contribution in [1.82, 2.24) is 0 Å². The van der Waals surface area contributed by atoms with Crippen molar-refractivity contribution in [3.63, 3.8) is 0 Å². The standard InChI is InChI=1S/C9H14O4/c1-2-3-4-5-7(9(12)13)6-8(10)11/h3-4,7H,2,5-6H2,1H3,(H,10,11)(H,12,13)/b4-3+. The van der Waals surface area contributed by atoms with Crippen molar-refractivity contribution < 1.29 is 19.8 Å². The first-order valence-corrected chi connectivity index (χ1v) is 4.17. The molecule has 0 aliphatic heterocycles. The van der Waals surface area contributed by atoms with Gasteiger partial charge < -0.3 is 10.2 Å². The van der Waals surface area contributed by atoms with Crippen LogP contribution in [0.25, 0.3) is 0 Å². The van der Waals surface area contributed by atoms with Gasteiger partial charge in [0.05, 0.1) is 12.3 Å². The molecule has 2 N–H and O–H groups in total. The van der Waals surface area contributed by atoms with Crippen molar-refractivity contribution in [2.75, 3.05) is 0 Å². The molecule has 0 radical (unpaired) electrons. The van der Waals surface area contributed by atoms with E-state index in [1.807, 2.05) is 13.0 Å². The van der Waals surface area contributed by atoms with Gasteiger partial charge >= 0.3 is 11.9 Å². The van der Waals surface area contributed by atoms with Gasteiger partial charge in [0.1, 0.15) is 0 Å². The van der Waals surface area contributed by atoms with E-state index >= 15 is 0 Å². The maximum atomic E-state index is 10.5. The van der Waals surface area contributed by atoms with Gasteiger partial charge in [0, 0.05) is 0 Å². The van der Waals surface area contributed by atoms with Crippen LogP contribution in [-0.2, 0) is 9.59 Å². The fourth-order valence-corrected chi connectivity index (χ4v) is 0.909. The third kappa shape index (κ3) is 5.90. The summed E-state index contributed by atoms with van der Waals surface area (Å²) in [4.78, 5) is 20.8. The van der Waals surface area contributed by atoms with Crippen molar-refractivity contribution in [3.8, 4) is 0 Å². The minimum absolute atomic E-state index is 0.287. The summed E-state index contributed by atoms with van der Waals surface area (Å²) in [5.74, 6) is -2.93. The molecule has 13 heavy (non-hydrogen) atoms. The fraction of sp³-hybridized carbons (Fsp3) is 0.556. The lowest BCUT2D eigenvalue weighted by Gasteiger charge is -2.05. The highest BCUT2D eigenvalue weighted by Crippen LogP contribution is 2.09. The summed E-state index contributed by atoms with van der Waals surface area (Å²) in [7, 11) is 0. The van der Waals surface area contributed by atoms with Crippen LogP contribution < -0.4 is 0 Å². The molecule has 1 atom stereocenters. The molecular weight excluding hydrogens is 172 g/mol. The van der Waals surface area contributed by atoms with Crippen LogP contribution in [0.3, 0.4) is 0 Å². The van der Waals surface area contributed by atoms with E-state index in [-0.39, 0.29) is 12.8 Å². The van der Waals surface area contributed by atoms with Gasteiger partial charge in [-0.2, -0.15) is 0 Å². The Balaban J connectivity index is 4.02. The number of aliphatic carboxylic acids is 2. The number of carboxylic acids is 2. The Hall–Kier alpha value is -1.32. The number of hydrogen-bond donors (Lipinski definition) is 2. The molecule has 0 fully saturated rings. The van der Waals surface area contributed by atoms with E-state index in [4.69, 9.17) is 10.2 Å². The summed E-state index contributed by atoms with van der Waals surface area (Å²) in [5, 5.41) is 17.0. The summed E-state index contributed by atoms with van der Waals surface area (Å²) in [6, 6.07) is 0. The Bertz CT molecular complexity index is 208. The first-order chi connectivity index (χ1) is 6.07. The zero-order chi connectivity index (χ0) is 10.3. The minimum atomic E-state index is -1.07. The average Bonchev–Trinajstić information content (AvgIpc) is 2.02. The summed E-state index contributed by atoms with van der Waals surface area (Å²) in [6.45, 7) is 1.93. The minimum Gasteiger partial charge on any atom is -0.481 e. The SMILES string of the molecule is CC/C=C/CC(CC(=O)O)C(=O)O. The second-order valence-corrected chi connectivity index (χ2v) is 2.75. The maximum absolute atomic E-state index is 10.5. The molecule has 0 heterocycles. The van der Waals surface area contributed by atoms with Crippen molar-refractivity contribution in [2.45, 2.75) is 26.2 Å². The molecule has 4 heteroatoms. The van der Waals surface area contributed by atoms with Crippen molar-refractivity contribution >= 4 is 11.9 Å². The van der Waals surface area contributed by atoms with Crippen molar-refractivity contribution in [2.24, 2.45) is 5.92 Å². The Labute approximate surface area is 76.9 Å². The molecule has 74 valence electrons. The smallest absolute Gasteiger partial charge is 0.307 e. The molecule has 1 unspecified atom stereocenters. The van der Waals surface area contributed by atoms with Crippen LogP contribution in [0.2, 0.25) is 0 Å². The summed E-state index contributed by atoms with van der Waals surface area (Å²) in [5.41, 5.74) is 0. The predicted molar refractivity (Wildman–Crippen MR) is 47.4 cm³/mol. The molecule has 0 bridgehead atoms. The average molecular weight is 186 g/mol. The second kappa shape index (κ2) is 6.22. The van der Waals surface area contributed by atoms with Gasteiger partial charge in [-0.1, -0.05) is 19.1 Å². The molecule has 0 aliphatic carbocycles. The van der Waals surface area contributed by atoms with E-state index in [1.165, 1.54) is 0 Å². The quantitative estimate of drug-likeness (QED) is 0.616. The normalized spacial score (nSPS) is 13.0. The molecule has 0 saturated carbocycles. The van der Waals surface area contributed by atoms with Crippen LogP contribution in [0.15, 0.2) is 12.2 Å². The molecule has 0 saturated heterocycles. The lowest BCUT2D eigenvalue weighted by atomic mass is 10.0. The van der Waals surface area contributed by atoms with E-state index in [2.05, 4.69) is 0 Å². The molecule has 0 amide bonds. The Morgan fingerprint density at radius 3 is 2.31 bits per heavy atom. The maximum Gasteiger partial charge on any atom is 0.307 e. The molecule has 0 aromatic rings. The predicted octanol–water partition coefficient (Wildman–Crippen LogP) is 1.52. The van der Waals surface area contributed by atoms with Crippen molar-refractivity contribution in [1.29, 1.82) is 0 Å². The number of carbonyl (C=O) groups is 2. The molecule has 0 spiro atoms. The van der Waals surface area contributed by atoms with Crippen LogP contribution in [0.4, 0.5) is 0 Å². The Kier molecular flexibility index (Phi) is 5.59. The van der Waals surface area contributed by atoms with Gasteiger partial charge in [-0.15, -0.1) is 0 Å². The summed E-state index contributed by atoms with van der Waals surface area (Å²) in [6.07, 6.45) is 4.35. The third-order valence-electron chi connectivity index (χ3n) is 1.59. The van der Waals surface area contributed by atoms with Gasteiger partial charge in [0.2, 0.25) is 0 Å². The lowest BCUT2D eigenvalue weighted by Crippen LogP contribution is -2.16. The zero-order valence-corrected chi connectivity index (χ0v) is 7.56. The molecule has 0 aromatic heterocycles. The first-order valence-electron chi connectivity index (χ1n) is 4.17. The van der Waals surface area contributed by atoms with E-state index in [1.54, 1.807) is 6.08 Å². The van der Waals surface area contributed by atoms with Gasteiger partial charge in [0.25, 0.3) is 0 Å². The van der Waals surface area contributed by atoms with E-state index < -0.39 is 17.9 Å². The number of carboxylic acid groups (broad SMARTS) is 2. The topological polar surface area (TPSA) is 74.6 Å². The van der Waals surface area contributed by atoms with Gasteiger partial charge in [0.15, 0.2) is 0 Å². The summed E-state index contributed by atoms with van der Waals surface area (Å²) >= 11 is 0. The van der Waals surface area contributed by atoms with Gasteiger partial charge in [-0.3, -0.25) is 9.59 Å². The second-order valence-electron chi connectivity index (χ2n) is 2.75. The van der Waals surface area contributed by atoms with Crippen LogP contribution in [0.5, 0.6) is 0 Å². The van der Waals surface area contributed by atoms with E-state index in [9.17, 15) is 9.59 Å². The van der Waals surface area contributed by atoms with E-state index in [0.29, 0.717) is 0 Å². The first kappa shape index (κ1) is 11.7. The van der Waals surface area contributed by atoms with Crippen LogP contribution in [-0.4, -0.2) is 22.2 Å². The monoisotopic (exact) mass is 186 g/mol. The molecule has 0 aromatic carbocycles. The van der Waals surface area contributed by atoms with Gasteiger partial charge in [-0.05, 0) is 12.8 Å². The van der Waals surface area contributed by atoms with Crippen LogP contribution >= 0.6 is 0 Å². The van der Waals surface area contributed by atoms with Crippen molar-refractivity contribution in [3.05, 3.63) is 12.2 Å². The van der Waals surface area contributed by atoms with Crippen LogP contribution in [0.1, 0.15) is 26.2 Å². The number of allylic oxidation sites excluding steroid dienone is 2. The largest absolute Gasteiger partial charge is 0.481 e. The molecule has 4 nitrogen and oxygen atoms in total. The lowest BCUT2D eigenvalue weighted by molar-refractivity contribution is -0.148. The highest BCUT2D eigenvalue weighted by molar-refractivity contribution is 5.77.